The molecule has 0 radical (unpaired) electrons. The van der Waals surface area contributed by atoms with Crippen LogP contribution in [0, 0.1) is 0 Å². The molecule has 3 amide bonds. The van der Waals surface area contributed by atoms with E-state index in [1.165, 1.54) is 0 Å². The molecule has 0 saturated heterocycles. The van der Waals surface area contributed by atoms with Crippen LogP contribution in [-0.2, 0) is 42.1 Å². The zero-order chi connectivity index (χ0) is 34.4. The van der Waals surface area contributed by atoms with Gasteiger partial charge in [-0.1, -0.05) is 60.7 Å². The average molecular weight is 663 g/mol. The van der Waals surface area contributed by atoms with Gasteiger partial charge in [-0.05, 0) is 52.7 Å². The van der Waals surface area contributed by atoms with E-state index < -0.39 is 57.1 Å². The van der Waals surface area contributed by atoms with E-state index in [0.717, 1.165) is 4.31 Å². The molecule has 1 atom stereocenters. The number of Topliss-reactive ketones (excluding diaryl/α,β-unsaturated/α-hetero) is 1. The monoisotopic (exact) mass is 662 g/mol. The van der Waals surface area contributed by atoms with Gasteiger partial charge in [0.05, 0.1) is 5.75 Å². The summed E-state index contributed by atoms with van der Waals surface area (Å²) in [5, 5.41) is 7.44. The van der Waals surface area contributed by atoms with Gasteiger partial charge in [-0.15, -0.1) is 0 Å². The Balaban J connectivity index is 2.22. The number of amides is 3. The van der Waals surface area contributed by atoms with Crippen molar-refractivity contribution in [2.45, 2.75) is 71.8 Å². The van der Waals surface area contributed by atoms with Crippen LogP contribution in [0.4, 0.5) is 14.4 Å². The Bertz CT molecular complexity index is 1360. The first-order valence-electron chi connectivity index (χ1n) is 14.9. The van der Waals surface area contributed by atoms with Crippen LogP contribution in [0.25, 0.3) is 0 Å². The van der Waals surface area contributed by atoms with Crippen molar-refractivity contribution in [2.75, 3.05) is 31.9 Å². The average Bonchev–Trinajstić information content (AvgIpc) is 2.94. The van der Waals surface area contributed by atoms with Crippen molar-refractivity contribution in [3.8, 4) is 0 Å². The minimum atomic E-state index is -4.28. The first-order valence-corrected chi connectivity index (χ1v) is 16.5. The van der Waals surface area contributed by atoms with E-state index in [4.69, 9.17) is 14.2 Å². The van der Waals surface area contributed by atoms with Gasteiger partial charge in [-0.25, -0.2) is 22.8 Å². The van der Waals surface area contributed by atoms with Gasteiger partial charge in [0, 0.05) is 32.6 Å². The molecule has 13 nitrogen and oxygen atoms in total. The Morgan fingerprint density at radius 2 is 1.17 bits per heavy atom. The number of hydrogen-bond acceptors (Lipinski definition) is 9. The number of nitrogens with one attached hydrogen (secondary N) is 3. The number of sulfonamides is 1. The molecule has 0 aliphatic carbocycles. The minimum Gasteiger partial charge on any atom is -0.445 e. The third kappa shape index (κ3) is 15.7. The minimum absolute atomic E-state index is 0.0855. The van der Waals surface area contributed by atoms with Crippen molar-refractivity contribution < 1.29 is 41.8 Å². The van der Waals surface area contributed by atoms with E-state index in [9.17, 15) is 27.6 Å². The molecule has 254 valence electrons. The third-order valence-corrected chi connectivity index (χ3v) is 7.85. The van der Waals surface area contributed by atoms with Crippen LogP contribution in [0.1, 0.15) is 52.7 Å². The van der Waals surface area contributed by atoms with Crippen LogP contribution >= 0.6 is 0 Å². The Kier molecular flexibility index (Phi) is 14.5. The zero-order valence-electron chi connectivity index (χ0n) is 27.3. The second-order valence-electron chi connectivity index (χ2n) is 12.4. The van der Waals surface area contributed by atoms with E-state index in [0.29, 0.717) is 11.1 Å². The summed E-state index contributed by atoms with van der Waals surface area (Å²) < 4.78 is 44.2. The van der Waals surface area contributed by atoms with Crippen molar-refractivity contribution in [3.63, 3.8) is 0 Å². The quantitative estimate of drug-likeness (QED) is 0.240. The van der Waals surface area contributed by atoms with Gasteiger partial charge < -0.3 is 30.2 Å². The highest BCUT2D eigenvalue weighted by Crippen LogP contribution is 2.11. The van der Waals surface area contributed by atoms with Crippen molar-refractivity contribution in [1.29, 1.82) is 0 Å². The molecule has 0 bridgehead atoms. The Hall–Kier alpha value is -4.17. The molecule has 0 fully saturated rings. The second kappa shape index (κ2) is 17.5. The normalized spacial score (nSPS) is 12.5. The Morgan fingerprint density at radius 3 is 1.63 bits per heavy atom. The molecule has 2 aromatic carbocycles. The lowest BCUT2D eigenvalue weighted by Gasteiger charge is -2.26. The third-order valence-electron chi connectivity index (χ3n) is 5.94. The number of alkyl carbamates (subject to hydrolysis) is 3. The fraction of sp³-hybridized carbons (Fsp3) is 0.500. The van der Waals surface area contributed by atoms with Crippen LogP contribution in [0.5, 0.6) is 0 Å². The summed E-state index contributed by atoms with van der Waals surface area (Å²) in [7, 11) is -4.28. The molecule has 3 N–H and O–H groups in total. The van der Waals surface area contributed by atoms with Crippen molar-refractivity contribution in [3.05, 3.63) is 71.8 Å². The van der Waals surface area contributed by atoms with Gasteiger partial charge in [-0.3, -0.25) is 4.79 Å². The van der Waals surface area contributed by atoms with Gasteiger partial charge >= 0.3 is 18.3 Å². The molecule has 0 aliphatic rings. The maximum atomic E-state index is 13.8. The largest absolute Gasteiger partial charge is 0.445 e. The molecule has 1 unspecified atom stereocenters. The van der Waals surface area contributed by atoms with Crippen LogP contribution in [-0.4, -0.2) is 86.0 Å². The Morgan fingerprint density at radius 1 is 0.717 bits per heavy atom. The summed E-state index contributed by atoms with van der Waals surface area (Å²) in [4.78, 5) is 50.5. The van der Waals surface area contributed by atoms with E-state index in [1.54, 1.807) is 96.1 Å². The maximum absolute atomic E-state index is 13.8. The summed E-state index contributed by atoms with van der Waals surface area (Å²) in [5.74, 6) is -1.34. The number of rotatable bonds is 15. The van der Waals surface area contributed by atoms with E-state index in [-0.39, 0.29) is 39.2 Å². The maximum Gasteiger partial charge on any atom is 0.408 e. The molecule has 0 aliphatic heterocycles. The topological polar surface area (TPSA) is 169 Å². The van der Waals surface area contributed by atoms with Crippen molar-refractivity contribution >= 4 is 34.1 Å². The number of carbonyl (C=O) groups excluding carboxylic acids is 4. The van der Waals surface area contributed by atoms with Gasteiger partial charge in [0.25, 0.3) is 0 Å². The van der Waals surface area contributed by atoms with E-state index in [1.807, 2.05) is 6.07 Å². The number of hydrogen-bond donors (Lipinski definition) is 3. The van der Waals surface area contributed by atoms with Crippen LogP contribution < -0.4 is 16.0 Å². The van der Waals surface area contributed by atoms with Gasteiger partial charge in [0.2, 0.25) is 10.0 Å². The molecule has 0 spiro atoms. The number of ether oxygens (including phenoxy) is 3. The first kappa shape index (κ1) is 38.0. The molecule has 46 heavy (non-hydrogen) atoms. The summed E-state index contributed by atoms with van der Waals surface area (Å²) in [6, 6.07) is 16.1. The Labute approximate surface area is 271 Å². The number of ketones is 1. The predicted molar refractivity (Wildman–Crippen MR) is 173 cm³/mol. The van der Waals surface area contributed by atoms with Crippen LogP contribution in [0.15, 0.2) is 60.7 Å². The van der Waals surface area contributed by atoms with Crippen LogP contribution in [0.3, 0.4) is 0 Å². The molecular weight excluding hydrogens is 616 g/mol. The predicted octanol–water partition coefficient (Wildman–Crippen LogP) is 3.77. The fourth-order valence-electron chi connectivity index (χ4n) is 3.94. The van der Waals surface area contributed by atoms with E-state index >= 15 is 0 Å². The highest BCUT2D eigenvalue weighted by atomic mass is 32.2. The number of carbonyl (C=O) groups is 4. The lowest BCUT2D eigenvalue weighted by molar-refractivity contribution is -0.119. The van der Waals surface area contributed by atoms with Crippen molar-refractivity contribution in [2.24, 2.45) is 0 Å². The number of benzene rings is 2. The highest BCUT2D eigenvalue weighted by Gasteiger charge is 2.32. The van der Waals surface area contributed by atoms with Crippen molar-refractivity contribution in [1.82, 2.24) is 20.3 Å². The molecule has 0 saturated carbocycles. The van der Waals surface area contributed by atoms with Crippen LogP contribution in [0.2, 0.25) is 0 Å². The number of nitrogens with zero attached hydrogens (tertiary/aromatic N) is 1. The first-order chi connectivity index (χ1) is 21.4. The smallest absolute Gasteiger partial charge is 0.408 e. The standard InChI is InChI=1S/C32H46N4O9S/c1-31(2,3)44-28(38)33-17-19-36(20-18-34-29(39)45-32(4,5)6)46(41,42)23-26(27(37)21-24-13-9-7-10-14-24)35-30(40)43-22-25-15-11-8-12-16-25/h7-16,26H,17-23H2,1-6H3,(H,33,38)(H,34,39)(H,35,40). The molecule has 2 aromatic rings. The summed E-state index contributed by atoms with van der Waals surface area (Å²) in [5.41, 5.74) is -0.187. The molecule has 2 rings (SSSR count). The van der Waals surface area contributed by atoms with Gasteiger partial charge in [0.1, 0.15) is 23.9 Å². The SMILES string of the molecule is CC(C)(C)OC(=O)NCCN(CCNC(=O)OC(C)(C)C)S(=O)(=O)CC(NC(=O)OCc1ccccc1)C(=O)Cc1ccccc1. The molecule has 14 heteroatoms. The lowest BCUT2D eigenvalue weighted by atomic mass is 10.1. The molecule has 0 heterocycles. The lowest BCUT2D eigenvalue weighted by Crippen LogP contribution is -2.51. The molecule has 0 aromatic heterocycles. The van der Waals surface area contributed by atoms with Gasteiger partial charge in [-0.2, -0.15) is 4.31 Å². The van der Waals surface area contributed by atoms with E-state index in [2.05, 4.69) is 16.0 Å². The van der Waals surface area contributed by atoms with Gasteiger partial charge in [0.15, 0.2) is 5.78 Å². The second-order valence-corrected chi connectivity index (χ2v) is 14.4. The molecular formula is C32H46N4O9S. The fourth-order valence-corrected chi connectivity index (χ4v) is 5.58. The summed E-state index contributed by atoms with van der Waals surface area (Å²) in [6.45, 7) is 9.37. The zero-order valence-corrected chi connectivity index (χ0v) is 28.1. The summed E-state index contributed by atoms with van der Waals surface area (Å²) >= 11 is 0. The summed E-state index contributed by atoms with van der Waals surface area (Å²) in [6.07, 6.45) is -2.58. The highest BCUT2D eigenvalue weighted by molar-refractivity contribution is 7.89.